The summed E-state index contributed by atoms with van der Waals surface area (Å²) in [5.74, 6) is -0.0489. The minimum atomic E-state index is -0.352. The van der Waals surface area contributed by atoms with Gasteiger partial charge in [-0.15, -0.1) is 11.3 Å². The summed E-state index contributed by atoms with van der Waals surface area (Å²) in [5, 5.41) is 14.4. The van der Waals surface area contributed by atoms with Crippen molar-refractivity contribution in [1.29, 1.82) is 0 Å². The molecule has 1 N–H and O–H groups in total. The van der Waals surface area contributed by atoms with E-state index in [0.29, 0.717) is 0 Å². The molecule has 3 heterocycles. The highest BCUT2D eigenvalue weighted by atomic mass is 32.1. The standard InChI is InChI=1S/C16H18N4OS2/c1-11-3-5-18-20(11)12(2)15(21)19-14(16-17-6-8-23-16)9-13-4-7-22-10-13/h3-8,10,12,14H,9H2,1-2H3,(H,19,21)/t12-,14-/m0/s1. The van der Waals surface area contributed by atoms with Crippen LogP contribution in [0.25, 0.3) is 0 Å². The summed E-state index contributed by atoms with van der Waals surface area (Å²) >= 11 is 3.22. The molecule has 0 aliphatic heterocycles. The quantitative estimate of drug-likeness (QED) is 0.744. The van der Waals surface area contributed by atoms with Crippen molar-refractivity contribution in [3.8, 4) is 0 Å². The molecule has 3 aromatic heterocycles. The molecule has 0 bridgehead atoms. The van der Waals surface area contributed by atoms with E-state index in [4.69, 9.17) is 0 Å². The van der Waals surface area contributed by atoms with Crippen molar-refractivity contribution >= 4 is 28.6 Å². The van der Waals surface area contributed by atoms with Crippen molar-refractivity contribution in [3.63, 3.8) is 0 Å². The van der Waals surface area contributed by atoms with E-state index in [1.807, 2.05) is 30.7 Å². The van der Waals surface area contributed by atoms with Gasteiger partial charge in [0.25, 0.3) is 0 Å². The zero-order valence-electron chi connectivity index (χ0n) is 13.0. The average Bonchev–Trinajstić information content (AvgIpc) is 3.28. The number of aromatic nitrogens is 3. The maximum absolute atomic E-state index is 12.6. The molecule has 0 fully saturated rings. The summed E-state index contributed by atoms with van der Waals surface area (Å²) < 4.78 is 1.73. The van der Waals surface area contributed by atoms with Gasteiger partial charge in [0.1, 0.15) is 11.0 Å². The van der Waals surface area contributed by atoms with E-state index >= 15 is 0 Å². The second-order valence-electron chi connectivity index (χ2n) is 5.36. The number of thiophene rings is 1. The Hall–Kier alpha value is -1.99. The van der Waals surface area contributed by atoms with Gasteiger partial charge in [-0.25, -0.2) is 4.98 Å². The largest absolute Gasteiger partial charge is 0.345 e. The lowest BCUT2D eigenvalue weighted by molar-refractivity contribution is -0.125. The molecule has 120 valence electrons. The summed E-state index contributed by atoms with van der Waals surface area (Å²) in [4.78, 5) is 17.0. The number of amides is 1. The van der Waals surface area contributed by atoms with Crippen molar-refractivity contribution < 1.29 is 4.79 Å². The van der Waals surface area contributed by atoms with Crippen LogP contribution in [-0.4, -0.2) is 20.7 Å². The van der Waals surface area contributed by atoms with Crippen LogP contribution in [0.2, 0.25) is 0 Å². The number of rotatable bonds is 6. The second-order valence-corrected chi connectivity index (χ2v) is 7.07. The summed E-state index contributed by atoms with van der Waals surface area (Å²) in [6.07, 6.45) is 4.23. The van der Waals surface area contributed by atoms with Gasteiger partial charge in [0.2, 0.25) is 5.91 Å². The molecule has 0 radical (unpaired) electrons. The van der Waals surface area contributed by atoms with Crippen molar-refractivity contribution in [3.05, 3.63) is 56.9 Å². The van der Waals surface area contributed by atoms with Gasteiger partial charge in [-0.05, 0) is 42.3 Å². The van der Waals surface area contributed by atoms with Crippen LogP contribution in [-0.2, 0) is 11.2 Å². The molecule has 3 aromatic rings. The Morgan fingerprint density at radius 2 is 2.22 bits per heavy atom. The van der Waals surface area contributed by atoms with E-state index in [-0.39, 0.29) is 18.0 Å². The third-order valence-corrected chi connectivity index (χ3v) is 5.32. The molecule has 0 aliphatic rings. The second kappa shape index (κ2) is 7.06. The number of aryl methyl sites for hydroxylation is 1. The predicted molar refractivity (Wildman–Crippen MR) is 92.7 cm³/mol. The third kappa shape index (κ3) is 3.68. The Kier molecular flexibility index (Phi) is 4.88. The first-order valence-electron chi connectivity index (χ1n) is 7.36. The van der Waals surface area contributed by atoms with E-state index in [1.54, 1.807) is 39.7 Å². The van der Waals surface area contributed by atoms with Crippen LogP contribution < -0.4 is 5.32 Å². The number of hydrogen-bond acceptors (Lipinski definition) is 5. The van der Waals surface area contributed by atoms with Crippen LogP contribution in [0.5, 0.6) is 0 Å². The monoisotopic (exact) mass is 346 g/mol. The summed E-state index contributed by atoms with van der Waals surface area (Å²) in [6, 6.07) is 3.51. The molecule has 0 spiro atoms. The Morgan fingerprint density at radius 3 is 2.83 bits per heavy atom. The number of carbonyl (C=O) groups excluding carboxylic acids is 1. The maximum atomic E-state index is 12.6. The minimum Gasteiger partial charge on any atom is -0.345 e. The van der Waals surface area contributed by atoms with Gasteiger partial charge in [0, 0.05) is 29.9 Å². The van der Waals surface area contributed by atoms with Gasteiger partial charge >= 0.3 is 0 Å². The Labute approximate surface area is 143 Å². The van der Waals surface area contributed by atoms with Crippen LogP contribution in [0.3, 0.4) is 0 Å². The third-order valence-electron chi connectivity index (χ3n) is 3.70. The fourth-order valence-electron chi connectivity index (χ4n) is 2.44. The van der Waals surface area contributed by atoms with Gasteiger partial charge in [-0.2, -0.15) is 16.4 Å². The van der Waals surface area contributed by atoms with E-state index < -0.39 is 0 Å². The minimum absolute atomic E-state index is 0.0489. The highest BCUT2D eigenvalue weighted by Crippen LogP contribution is 2.23. The predicted octanol–water partition coefficient (Wildman–Crippen LogP) is 3.37. The molecule has 0 saturated heterocycles. The lowest BCUT2D eigenvalue weighted by Crippen LogP contribution is -2.35. The highest BCUT2D eigenvalue weighted by molar-refractivity contribution is 7.09. The Balaban J connectivity index is 1.75. The molecule has 3 rings (SSSR count). The van der Waals surface area contributed by atoms with Crippen LogP contribution in [0.4, 0.5) is 0 Å². The summed E-state index contributed by atoms with van der Waals surface area (Å²) in [5.41, 5.74) is 2.18. The number of hydrogen-bond donors (Lipinski definition) is 1. The van der Waals surface area contributed by atoms with Crippen LogP contribution in [0.1, 0.15) is 35.3 Å². The fourth-order valence-corrected chi connectivity index (χ4v) is 3.81. The van der Waals surface area contributed by atoms with Crippen molar-refractivity contribution in [2.24, 2.45) is 0 Å². The van der Waals surface area contributed by atoms with E-state index in [9.17, 15) is 4.79 Å². The van der Waals surface area contributed by atoms with Gasteiger partial charge in [-0.3, -0.25) is 9.48 Å². The molecule has 5 nitrogen and oxygen atoms in total. The van der Waals surface area contributed by atoms with Crippen molar-refractivity contribution in [1.82, 2.24) is 20.1 Å². The average molecular weight is 346 g/mol. The molecular weight excluding hydrogens is 328 g/mol. The van der Waals surface area contributed by atoms with Gasteiger partial charge in [0.15, 0.2) is 0 Å². The van der Waals surface area contributed by atoms with Gasteiger partial charge in [-0.1, -0.05) is 0 Å². The molecular formula is C16H18N4OS2. The lowest BCUT2D eigenvalue weighted by Gasteiger charge is -2.20. The zero-order chi connectivity index (χ0) is 16.2. The van der Waals surface area contributed by atoms with Crippen molar-refractivity contribution in [2.75, 3.05) is 0 Å². The molecule has 2 atom stereocenters. The first-order valence-corrected chi connectivity index (χ1v) is 9.18. The van der Waals surface area contributed by atoms with Crippen LogP contribution in [0, 0.1) is 6.92 Å². The number of nitrogens with zero attached hydrogens (tertiary/aromatic N) is 3. The molecule has 0 aliphatic carbocycles. The number of carbonyl (C=O) groups is 1. The van der Waals surface area contributed by atoms with Crippen LogP contribution >= 0.6 is 22.7 Å². The molecule has 0 saturated carbocycles. The maximum Gasteiger partial charge on any atom is 0.245 e. The highest BCUT2D eigenvalue weighted by Gasteiger charge is 2.23. The smallest absolute Gasteiger partial charge is 0.245 e. The van der Waals surface area contributed by atoms with E-state index in [1.165, 1.54) is 5.56 Å². The first-order chi connectivity index (χ1) is 11.1. The van der Waals surface area contributed by atoms with Gasteiger partial charge < -0.3 is 5.32 Å². The fraction of sp³-hybridized carbons (Fsp3) is 0.312. The molecule has 7 heteroatoms. The Morgan fingerprint density at radius 1 is 1.35 bits per heavy atom. The van der Waals surface area contributed by atoms with E-state index in [0.717, 1.165) is 17.1 Å². The molecule has 1 amide bonds. The SMILES string of the molecule is Cc1ccnn1[C@@H](C)C(=O)N[C@@H](Cc1ccsc1)c1nccs1. The molecule has 0 aromatic carbocycles. The number of nitrogens with one attached hydrogen (secondary N) is 1. The summed E-state index contributed by atoms with van der Waals surface area (Å²) in [6.45, 7) is 3.80. The Bertz CT molecular complexity index is 749. The topological polar surface area (TPSA) is 59.8 Å². The first kappa shape index (κ1) is 15.9. The normalized spacial score (nSPS) is 13.7. The van der Waals surface area contributed by atoms with Crippen molar-refractivity contribution in [2.45, 2.75) is 32.4 Å². The van der Waals surface area contributed by atoms with E-state index in [2.05, 4.69) is 26.8 Å². The summed E-state index contributed by atoms with van der Waals surface area (Å²) in [7, 11) is 0. The molecule has 23 heavy (non-hydrogen) atoms. The zero-order valence-corrected chi connectivity index (χ0v) is 14.6. The lowest BCUT2D eigenvalue weighted by atomic mass is 10.1. The molecule has 0 unspecified atom stereocenters. The number of thiazole rings is 1. The van der Waals surface area contributed by atoms with Crippen LogP contribution in [0.15, 0.2) is 40.7 Å². The van der Waals surface area contributed by atoms with Gasteiger partial charge in [0.05, 0.1) is 6.04 Å².